The van der Waals surface area contributed by atoms with Crippen LogP contribution in [0.3, 0.4) is 0 Å². The lowest BCUT2D eigenvalue weighted by molar-refractivity contribution is -0.141. The van der Waals surface area contributed by atoms with Crippen molar-refractivity contribution in [2.45, 2.75) is 18.2 Å². The van der Waals surface area contributed by atoms with E-state index in [0.717, 1.165) is 12.0 Å². The molecule has 0 spiro atoms. The smallest absolute Gasteiger partial charge is 0.323 e. The summed E-state index contributed by atoms with van der Waals surface area (Å²) in [6.45, 7) is 1.22. The Morgan fingerprint density at radius 2 is 2.24 bits per heavy atom. The van der Waals surface area contributed by atoms with Crippen LogP contribution in [0.2, 0.25) is 5.02 Å². The minimum absolute atomic E-state index is 0.404. The van der Waals surface area contributed by atoms with Crippen LogP contribution in [-0.4, -0.2) is 38.1 Å². The Morgan fingerprint density at radius 1 is 1.48 bits per heavy atom. The molecule has 2 N–H and O–H groups in total. The molecule has 1 aliphatic rings. The van der Waals surface area contributed by atoms with E-state index in [1.165, 1.54) is 7.11 Å². The Hall–Kier alpha value is -1.11. The fraction of sp³-hybridized carbons (Fsp3) is 0.500. The maximum absolute atomic E-state index is 11.2. The summed E-state index contributed by atoms with van der Waals surface area (Å²) in [6.07, 6.45) is 0.836. The molecule has 0 amide bonds. The van der Waals surface area contributed by atoms with Crippen molar-refractivity contribution in [1.82, 2.24) is 0 Å². The van der Waals surface area contributed by atoms with Gasteiger partial charge in [0.1, 0.15) is 6.04 Å². The third kappa shape index (κ3) is 4.43. The van der Waals surface area contributed by atoms with Crippen molar-refractivity contribution in [3.8, 4) is 11.5 Å². The molecule has 1 atom stereocenters. The van der Waals surface area contributed by atoms with E-state index >= 15 is 0 Å². The number of hydrogen-bond acceptors (Lipinski definition) is 6. The van der Waals surface area contributed by atoms with E-state index in [4.69, 9.17) is 26.8 Å². The molecule has 1 unspecified atom stereocenters. The van der Waals surface area contributed by atoms with E-state index in [-0.39, 0.29) is 0 Å². The SMILES string of the molecule is COC(=O)C(N)CSCc1cc(Cl)c2c(c1)OCCCO2. The number of esters is 1. The van der Waals surface area contributed by atoms with Crippen molar-refractivity contribution >= 4 is 29.3 Å². The van der Waals surface area contributed by atoms with Gasteiger partial charge in [0.05, 0.1) is 25.3 Å². The van der Waals surface area contributed by atoms with E-state index in [1.54, 1.807) is 11.8 Å². The van der Waals surface area contributed by atoms with Gasteiger partial charge in [-0.25, -0.2) is 0 Å². The average molecular weight is 332 g/mol. The molecule has 0 saturated heterocycles. The van der Waals surface area contributed by atoms with Gasteiger partial charge in [-0.15, -0.1) is 0 Å². The largest absolute Gasteiger partial charge is 0.489 e. The first kappa shape index (κ1) is 16.3. The molecule has 2 rings (SSSR count). The summed E-state index contributed by atoms with van der Waals surface area (Å²) in [5, 5.41) is 0.544. The van der Waals surface area contributed by atoms with Crippen LogP contribution in [0, 0.1) is 0 Å². The zero-order valence-electron chi connectivity index (χ0n) is 11.8. The Kier molecular flexibility index (Phi) is 6.02. The predicted octanol–water partition coefficient (Wildman–Crippen LogP) is 2.23. The summed E-state index contributed by atoms with van der Waals surface area (Å²) in [5.41, 5.74) is 6.69. The first-order chi connectivity index (χ1) is 10.1. The van der Waals surface area contributed by atoms with Gasteiger partial charge in [0.15, 0.2) is 11.5 Å². The van der Waals surface area contributed by atoms with Crippen LogP contribution in [0.15, 0.2) is 12.1 Å². The molecule has 1 aromatic carbocycles. The van der Waals surface area contributed by atoms with Crippen molar-refractivity contribution < 1.29 is 19.0 Å². The van der Waals surface area contributed by atoms with Crippen LogP contribution >= 0.6 is 23.4 Å². The van der Waals surface area contributed by atoms with Crippen molar-refractivity contribution in [1.29, 1.82) is 0 Å². The predicted molar refractivity (Wildman–Crippen MR) is 83.2 cm³/mol. The van der Waals surface area contributed by atoms with Gasteiger partial charge in [-0.3, -0.25) is 4.79 Å². The number of nitrogens with two attached hydrogens (primary N) is 1. The molecule has 7 heteroatoms. The summed E-state index contributed by atoms with van der Waals surface area (Å²) < 4.78 is 15.8. The first-order valence-electron chi connectivity index (χ1n) is 6.61. The molecule has 0 fully saturated rings. The summed E-state index contributed by atoms with van der Waals surface area (Å²) in [4.78, 5) is 11.2. The number of thioether (sulfide) groups is 1. The number of hydrogen-bond donors (Lipinski definition) is 1. The fourth-order valence-electron chi connectivity index (χ4n) is 1.89. The monoisotopic (exact) mass is 331 g/mol. The lowest BCUT2D eigenvalue weighted by atomic mass is 10.2. The lowest BCUT2D eigenvalue weighted by Gasteiger charge is -2.12. The zero-order valence-corrected chi connectivity index (χ0v) is 13.3. The molecule has 116 valence electrons. The Bertz CT molecular complexity index is 512. The van der Waals surface area contributed by atoms with Crippen molar-refractivity contribution in [3.63, 3.8) is 0 Å². The van der Waals surface area contributed by atoms with Gasteiger partial charge >= 0.3 is 5.97 Å². The van der Waals surface area contributed by atoms with Crippen molar-refractivity contribution in [2.75, 3.05) is 26.1 Å². The fourth-order valence-corrected chi connectivity index (χ4v) is 3.09. The Balaban J connectivity index is 1.96. The number of fused-ring (bicyclic) bond motifs is 1. The molecule has 21 heavy (non-hydrogen) atoms. The second-order valence-electron chi connectivity index (χ2n) is 4.60. The molecule has 0 radical (unpaired) electrons. The van der Waals surface area contributed by atoms with Gasteiger partial charge in [-0.05, 0) is 17.7 Å². The zero-order chi connectivity index (χ0) is 15.2. The summed E-state index contributed by atoms with van der Waals surface area (Å²) in [7, 11) is 1.33. The number of rotatable bonds is 5. The molecule has 1 heterocycles. The van der Waals surface area contributed by atoms with Gasteiger partial charge in [0.25, 0.3) is 0 Å². The number of ether oxygens (including phenoxy) is 3. The third-order valence-electron chi connectivity index (χ3n) is 2.93. The second kappa shape index (κ2) is 7.77. The first-order valence-corrected chi connectivity index (χ1v) is 8.14. The number of carbonyl (C=O) groups is 1. The highest BCUT2D eigenvalue weighted by molar-refractivity contribution is 7.98. The van der Waals surface area contributed by atoms with Crippen LogP contribution in [0.1, 0.15) is 12.0 Å². The van der Waals surface area contributed by atoms with Gasteiger partial charge in [0, 0.05) is 17.9 Å². The van der Waals surface area contributed by atoms with E-state index in [1.807, 2.05) is 12.1 Å². The standard InChI is InChI=1S/C14H18ClNO4S/c1-18-14(17)11(16)8-21-7-9-5-10(15)13-12(6-9)19-3-2-4-20-13/h5-6,11H,2-4,7-8,16H2,1H3. The van der Waals surface area contributed by atoms with Crippen molar-refractivity contribution in [2.24, 2.45) is 5.73 Å². The third-order valence-corrected chi connectivity index (χ3v) is 4.35. The lowest BCUT2D eigenvalue weighted by Crippen LogP contribution is -2.33. The van der Waals surface area contributed by atoms with Crippen LogP contribution in [0.5, 0.6) is 11.5 Å². The maximum Gasteiger partial charge on any atom is 0.323 e. The number of carbonyl (C=O) groups excluding carboxylic acids is 1. The molecular weight excluding hydrogens is 314 g/mol. The Labute approximate surface area is 133 Å². The minimum Gasteiger partial charge on any atom is -0.489 e. The highest BCUT2D eigenvalue weighted by Gasteiger charge is 2.17. The molecule has 5 nitrogen and oxygen atoms in total. The second-order valence-corrected chi connectivity index (χ2v) is 6.04. The van der Waals surface area contributed by atoms with Gasteiger partial charge in [-0.2, -0.15) is 11.8 Å². The molecular formula is C14H18ClNO4S. The van der Waals surface area contributed by atoms with Gasteiger partial charge in [0.2, 0.25) is 0 Å². The van der Waals surface area contributed by atoms with Crippen LogP contribution in [0.25, 0.3) is 0 Å². The van der Waals surface area contributed by atoms with E-state index in [2.05, 4.69) is 4.74 Å². The number of benzene rings is 1. The van der Waals surface area contributed by atoms with Crippen LogP contribution < -0.4 is 15.2 Å². The van der Waals surface area contributed by atoms with Gasteiger partial charge in [-0.1, -0.05) is 11.6 Å². The highest BCUT2D eigenvalue weighted by atomic mass is 35.5. The average Bonchev–Trinajstić information content (AvgIpc) is 2.72. The molecule has 1 aliphatic heterocycles. The molecule has 0 aromatic heterocycles. The van der Waals surface area contributed by atoms with E-state index in [9.17, 15) is 4.79 Å². The molecule has 0 saturated carbocycles. The summed E-state index contributed by atoms with van der Waals surface area (Å²) in [5.74, 6) is 2.04. The molecule has 0 aliphatic carbocycles. The van der Waals surface area contributed by atoms with E-state index in [0.29, 0.717) is 41.2 Å². The summed E-state index contributed by atoms with van der Waals surface area (Å²) in [6, 6.07) is 3.16. The topological polar surface area (TPSA) is 70.8 Å². The van der Waals surface area contributed by atoms with Crippen molar-refractivity contribution in [3.05, 3.63) is 22.7 Å². The number of methoxy groups -OCH3 is 1. The van der Waals surface area contributed by atoms with Crippen LogP contribution in [0.4, 0.5) is 0 Å². The normalized spacial score (nSPS) is 15.2. The summed E-state index contributed by atoms with van der Waals surface area (Å²) >= 11 is 7.76. The maximum atomic E-state index is 11.2. The van der Waals surface area contributed by atoms with Gasteiger partial charge < -0.3 is 19.9 Å². The quantitative estimate of drug-likeness (QED) is 0.834. The minimum atomic E-state index is -0.615. The number of halogens is 1. The van der Waals surface area contributed by atoms with E-state index < -0.39 is 12.0 Å². The molecule has 1 aromatic rings. The molecule has 0 bridgehead atoms. The van der Waals surface area contributed by atoms with Crippen LogP contribution in [-0.2, 0) is 15.3 Å². The highest BCUT2D eigenvalue weighted by Crippen LogP contribution is 2.38. The Morgan fingerprint density at radius 3 is 3.00 bits per heavy atom.